The molecule has 20 heavy (non-hydrogen) atoms. The summed E-state index contributed by atoms with van der Waals surface area (Å²) in [7, 11) is -3.44. The average molecular weight is 318 g/mol. The molecule has 0 heterocycles. The van der Waals surface area contributed by atoms with E-state index >= 15 is 0 Å². The number of rotatable bonds is 9. The van der Waals surface area contributed by atoms with Gasteiger partial charge in [0, 0.05) is 12.7 Å². The molecule has 0 aliphatic carbocycles. The van der Waals surface area contributed by atoms with Crippen LogP contribution in [0.25, 0.3) is 0 Å². The molecule has 0 unspecified atom stereocenters. The molecule has 0 aliphatic rings. The van der Waals surface area contributed by atoms with Crippen molar-refractivity contribution in [3.8, 4) is 5.75 Å². The van der Waals surface area contributed by atoms with Gasteiger partial charge in [0.1, 0.15) is 17.3 Å². The minimum atomic E-state index is -3.44. The summed E-state index contributed by atoms with van der Waals surface area (Å²) < 4.78 is 36.3. The standard InChI is InChI=1S/C12H18N2O4S2/c1-2-17-6-7-20(15,16)14-10-4-3-5-11(8-10)18-9-12(13)19/h3-5,8,14H,2,6-7,9H2,1H3,(H2,13,19). The van der Waals surface area contributed by atoms with Crippen LogP contribution >= 0.6 is 12.2 Å². The molecule has 0 spiro atoms. The fraction of sp³-hybridized carbons (Fsp3) is 0.417. The fourth-order valence-electron chi connectivity index (χ4n) is 1.35. The Kier molecular flexibility index (Phi) is 6.69. The Hall–Kier alpha value is -1.38. The van der Waals surface area contributed by atoms with Crippen molar-refractivity contribution in [3.05, 3.63) is 24.3 Å². The van der Waals surface area contributed by atoms with Crippen LogP contribution in [0.4, 0.5) is 5.69 Å². The van der Waals surface area contributed by atoms with Gasteiger partial charge >= 0.3 is 0 Å². The molecule has 1 rings (SSSR count). The van der Waals surface area contributed by atoms with Crippen LogP contribution in [0.1, 0.15) is 6.92 Å². The van der Waals surface area contributed by atoms with Gasteiger partial charge in [-0.15, -0.1) is 0 Å². The van der Waals surface area contributed by atoms with Gasteiger partial charge in [-0.05, 0) is 19.1 Å². The Balaban J connectivity index is 2.63. The molecule has 0 amide bonds. The summed E-state index contributed by atoms with van der Waals surface area (Å²) in [6, 6.07) is 6.56. The monoisotopic (exact) mass is 318 g/mol. The molecule has 0 bridgehead atoms. The molecular weight excluding hydrogens is 300 g/mol. The van der Waals surface area contributed by atoms with Gasteiger partial charge < -0.3 is 15.2 Å². The number of nitrogens with one attached hydrogen (secondary N) is 1. The van der Waals surface area contributed by atoms with E-state index < -0.39 is 10.0 Å². The predicted octanol–water partition coefficient (Wildman–Crippen LogP) is 1.13. The number of hydrogen-bond acceptors (Lipinski definition) is 5. The van der Waals surface area contributed by atoms with Crippen molar-refractivity contribution in [2.45, 2.75) is 6.92 Å². The number of thiocarbonyl (C=S) groups is 1. The zero-order valence-electron chi connectivity index (χ0n) is 11.2. The highest BCUT2D eigenvalue weighted by Crippen LogP contribution is 2.18. The lowest BCUT2D eigenvalue weighted by Gasteiger charge is -2.10. The third-order valence-electron chi connectivity index (χ3n) is 2.19. The van der Waals surface area contributed by atoms with E-state index in [4.69, 9.17) is 27.4 Å². The van der Waals surface area contributed by atoms with Crippen LogP contribution in [-0.4, -0.2) is 39.0 Å². The summed E-state index contributed by atoms with van der Waals surface area (Å²) in [5.41, 5.74) is 5.75. The topological polar surface area (TPSA) is 90.7 Å². The molecule has 0 saturated heterocycles. The predicted molar refractivity (Wildman–Crippen MR) is 82.6 cm³/mol. The average Bonchev–Trinajstić information content (AvgIpc) is 2.36. The Bertz CT molecular complexity index is 546. The first kappa shape index (κ1) is 16.7. The van der Waals surface area contributed by atoms with Crippen LogP contribution in [0, 0.1) is 0 Å². The molecule has 6 nitrogen and oxygen atoms in total. The van der Waals surface area contributed by atoms with Crippen LogP contribution in [-0.2, 0) is 14.8 Å². The van der Waals surface area contributed by atoms with Crippen molar-refractivity contribution in [1.29, 1.82) is 0 Å². The number of anilines is 1. The lowest BCUT2D eigenvalue weighted by molar-refractivity contribution is 0.163. The van der Waals surface area contributed by atoms with Crippen LogP contribution in [0.2, 0.25) is 0 Å². The largest absolute Gasteiger partial charge is 0.486 e. The molecule has 0 radical (unpaired) electrons. The molecular formula is C12H18N2O4S2. The first-order valence-electron chi connectivity index (χ1n) is 6.02. The highest BCUT2D eigenvalue weighted by molar-refractivity contribution is 7.92. The summed E-state index contributed by atoms with van der Waals surface area (Å²) >= 11 is 4.70. The van der Waals surface area contributed by atoms with Gasteiger partial charge in [-0.2, -0.15) is 0 Å². The van der Waals surface area contributed by atoms with E-state index in [1.807, 2.05) is 6.92 Å². The number of hydrogen-bond donors (Lipinski definition) is 2. The van der Waals surface area contributed by atoms with E-state index in [1.54, 1.807) is 24.3 Å². The third kappa shape index (κ3) is 6.69. The minimum absolute atomic E-state index is 0.0984. The van der Waals surface area contributed by atoms with Crippen LogP contribution < -0.4 is 15.2 Å². The summed E-state index contributed by atoms with van der Waals surface area (Å²) in [5, 5.41) is 0. The molecule has 0 aliphatic heterocycles. The lowest BCUT2D eigenvalue weighted by atomic mass is 10.3. The Morgan fingerprint density at radius 2 is 2.20 bits per heavy atom. The minimum Gasteiger partial charge on any atom is -0.486 e. The van der Waals surface area contributed by atoms with Gasteiger partial charge in [-0.3, -0.25) is 4.72 Å². The van der Waals surface area contributed by atoms with Crippen molar-refractivity contribution >= 4 is 32.9 Å². The Morgan fingerprint density at radius 3 is 2.85 bits per heavy atom. The van der Waals surface area contributed by atoms with Crippen molar-refractivity contribution in [2.24, 2.45) is 5.73 Å². The Morgan fingerprint density at radius 1 is 1.45 bits per heavy atom. The van der Waals surface area contributed by atoms with Gasteiger partial charge in [0.15, 0.2) is 0 Å². The Labute approximate surface area is 124 Å². The molecule has 0 saturated carbocycles. The zero-order valence-corrected chi connectivity index (χ0v) is 12.8. The number of nitrogens with two attached hydrogens (primary N) is 1. The molecule has 0 atom stereocenters. The highest BCUT2D eigenvalue weighted by atomic mass is 32.2. The molecule has 112 valence electrons. The van der Waals surface area contributed by atoms with Gasteiger partial charge in [-0.1, -0.05) is 18.3 Å². The van der Waals surface area contributed by atoms with Crippen LogP contribution in [0.5, 0.6) is 5.75 Å². The number of benzene rings is 1. The maximum Gasteiger partial charge on any atom is 0.235 e. The maximum atomic E-state index is 11.8. The zero-order chi connectivity index (χ0) is 15.0. The lowest BCUT2D eigenvalue weighted by Crippen LogP contribution is -2.20. The van der Waals surface area contributed by atoms with Gasteiger partial charge in [-0.25, -0.2) is 8.42 Å². The van der Waals surface area contributed by atoms with Crippen LogP contribution in [0.3, 0.4) is 0 Å². The maximum absolute atomic E-state index is 11.8. The van der Waals surface area contributed by atoms with E-state index in [9.17, 15) is 8.42 Å². The second-order valence-corrected chi connectivity index (χ2v) is 6.27. The second-order valence-electron chi connectivity index (χ2n) is 3.90. The summed E-state index contributed by atoms with van der Waals surface area (Å²) in [5.74, 6) is 0.390. The van der Waals surface area contributed by atoms with Crippen molar-refractivity contribution in [2.75, 3.05) is 30.3 Å². The molecule has 1 aromatic carbocycles. The van der Waals surface area contributed by atoms with Gasteiger partial charge in [0.25, 0.3) is 0 Å². The summed E-state index contributed by atoms with van der Waals surface area (Å²) in [6.07, 6.45) is 0. The first-order chi connectivity index (χ1) is 9.43. The summed E-state index contributed by atoms with van der Waals surface area (Å²) in [6.45, 7) is 2.56. The molecule has 8 heteroatoms. The quantitative estimate of drug-likeness (QED) is 0.524. The smallest absolute Gasteiger partial charge is 0.235 e. The highest BCUT2D eigenvalue weighted by Gasteiger charge is 2.10. The van der Waals surface area contributed by atoms with Gasteiger partial charge in [0.2, 0.25) is 10.0 Å². The van der Waals surface area contributed by atoms with Crippen molar-refractivity contribution in [1.82, 2.24) is 0 Å². The van der Waals surface area contributed by atoms with Crippen molar-refractivity contribution < 1.29 is 17.9 Å². The van der Waals surface area contributed by atoms with E-state index in [2.05, 4.69) is 4.72 Å². The number of ether oxygens (including phenoxy) is 2. The SMILES string of the molecule is CCOCCS(=O)(=O)Nc1cccc(OCC(N)=S)c1. The molecule has 3 N–H and O–H groups in total. The van der Waals surface area contributed by atoms with E-state index in [0.717, 1.165) is 0 Å². The second kappa shape index (κ2) is 8.03. The molecule has 0 aromatic heterocycles. The number of sulfonamides is 1. The first-order valence-corrected chi connectivity index (χ1v) is 8.08. The van der Waals surface area contributed by atoms with E-state index in [1.165, 1.54) is 0 Å². The van der Waals surface area contributed by atoms with E-state index in [0.29, 0.717) is 18.0 Å². The normalized spacial score (nSPS) is 11.1. The fourth-order valence-corrected chi connectivity index (χ4v) is 2.33. The van der Waals surface area contributed by atoms with Crippen LogP contribution in [0.15, 0.2) is 24.3 Å². The summed E-state index contributed by atoms with van der Waals surface area (Å²) in [4.78, 5) is 0.229. The molecule has 0 fully saturated rings. The van der Waals surface area contributed by atoms with Gasteiger partial charge in [0.05, 0.1) is 18.0 Å². The van der Waals surface area contributed by atoms with E-state index in [-0.39, 0.29) is 24.0 Å². The third-order valence-corrected chi connectivity index (χ3v) is 3.56. The van der Waals surface area contributed by atoms with Crippen molar-refractivity contribution in [3.63, 3.8) is 0 Å². The molecule has 1 aromatic rings.